The number of likely N-dealkylation sites (tertiary alicyclic amines) is 1. The van der Waals surface area contributed by atoms with Gasteiger partial charge in [0.2, 0.25) is 0 Å². The molecule has 7 heteroatoms. The van der Waals surface area contributed by atoms with Crippen molar-refractivity contribution >= 4 is 5.91 Å². The number of nitrogens with one attached hydrogen (secondary N) is 1. The Kier molecular flexibility index (Phi) is 4.88. The van der Waals surface area contributed by atoms with Gasteiger partial charge in [-0.3, -0.25) is 4.79 Å². The van der Waals surface area contributed by atoms with Crippen LogP contribution in [0.2, 0.25) is 0 Å². The number of benzene rings is 1. The van der Waals surface area contributed by atoms with Gasteiger partial charge in [-0.15, -0.1) is 5.10 Å². The molecule has 26 heavy (non-hydrogen) atoms. The predicted molar refractivity (Wildman–Crippen MR) is 97.2 cm³/mol. The third-order valence-corrected chi connectivity index (χ3v) is 5.40. The SMILES string of the molecule is COc1cccc(C2CCCN2C(=O)c2cn(C3CCNCC3)nn2)c1. The largest absolute Gasteiger partial charge is 0.497 e. The van der Waals surface area contributed by atoms with E-state index >= 15 is 0 Å². The van der Waals surface area contributed by atoms with Crippen LogP contribution in [-0.2, 0) is 0 Å². The van der Waals surface area contributed by atoms with Crippen LogP contribution in [0.25, 0.3) is 0 Å². The van der Waals surface area contributed by atoms with Crippen molar-refractivity contribution in [2.45, 2.75) is 37.8 Å². The van der Waals surface area contributed by atoms with E-state index in [-0.39, 0.29) is 11.9 Å². The normalized spacial score (nSPS) is 21.1. The van der Waals surface area contributed by atoms with Crippen molar-refractivity contribution in [3.05, 3.63) is 41.7 Å². The van der Waals surface area contributed by atoms with Gasteiger partial charge < -0.3 is 15.0 Å². The maximum absolute atomic E-state index is 13.0. The molecule has 1 aromatic heterocycles. The van der Waals surface area contributed by atoms with Crippen molar-refractivity contribution in [1.29, 1.82) is 0 Å². The van der Waals surface area contributed by atoms with Gasteiger partial charge in [-0.2, -0.15) is 0 Å². The maximum Gasteiger partial charge on any atom is 0.276 e. The van der Waals surface area contributed by atoms with Gasteiger partial charge in [0.15, 0.2) is 5.69 Å². The molecule has 1 unspecified atom stereocenters. The molecule has 2 aromatic rings. The van der Waals surface area contributed by atoms with E-state index in [2.05, 4.69) is 21.7 Å². The quantitative estimate of drug-likeness (QED) is 0.910. The summed E-state index contributed by atoms with van der Waals surface area (Å²) in [6.45, 7) is 2.72. The van der Waals surface area contributed by atoms with Gasteiger partial charge in [0.25, 0.3) is 5.91 Å². The number of aromatic nitrogens is 3. The Hall–Kier alpha value is -2.41. The van der Waals surface area contributed by atoms with E-state index in [1.165, 1.54) is 0 Å². The zero-order valence-corrected chi connectivity index (χ0v) is 15.1. The van der Waals surface area contributed by atoms with Crippen LogP contribution >= 0.6 is 0 Å². The van der Waals surface area contributed by atoms with Gasteiger partial charge in [-0.1, -0.05) is 17.3 Å². The van der Waals surface area contributed by atoms with Gasteiger partial charge in [0.1, 0.15) is 5.75 Å². The predicted octanol–water partition coefficient (Wildman–Crippen LogP) is 2.19. The number of ether oxygens (including phenoxy) is 1. The zero-order chi connectivity index (χ0) is 17.9. The molecule has 1 aromatic carbocycles. The first-order valence-corrected chi connectivity index (χ1v) is 9.34. The Morgan fingerprint density at radius 1 is 1.27 bits per heavy atom. The molecule has 1 N–H and O–H groups in total. The fourth-order valence-corrected chi connectivity index (χ4v) is 3.98. The van der Waals surface area contributed by atoms with Gasteiger partial charge in [-0.05, 0) is 56.5 Å². The van der Waals surface area contributed by atoms with E-state index in [1.807, 2.05) is 34.0 Å². The first-order chi connectivity index (χ1) is 12.8. The average Bonchev–Trinajstić information content (AvgIpc) is 3.38. The minimum absolute atomic E-state index is 0.0319. The van der Waals surface area contributed by atoms with Crippen molar-refractivity contribution in [3.63, 3.8) is 0 Å². The van der Waals surface area contributed by atoms with E-state index in [4.69, 9.17) is 4.74 Å². The molecule has 0 aliphatic carbocycles. The highest BCUT2D eigenvalue weighted by molar-refractivity contribution is 5.92. The summed E-state index contributed by atoms with van der Waals surface area (Å²) >= 11 is 0. The Bertz CT molecular complexity index is 769. The minimum Gasteiger partial charge on any atom is -0.497 e. The molecule has 4 rings (SSSR count). The Labute approximate surface area is 153 Å². The number of piperidine rings is 1. The number of amides is 1. The van der Waals surface area contributed by atoms with Crippen LogP contribution in [0.3, 0.4) is 0 Å². The monoisotopic (exact) mass is 355 g/mol. The number of hydrogen-bond acceptors (Lipinski definition) is 5. The standard InChI is InChI=1S/C19H25N5O2/c1-26-16-5-2-4-14(12-16)18-6-3-11-23(18)19(25)17-13-24(22-21-17)15-7-9-20-10-8-15/h2,4-5,12-13,15,18,20H,3,6-11H2,1H3. The van der Waals surface area contributed by atoms with Crippen LogP contribution < -0.4 is 10.1 Å². The lowest BCUT2D eigenvalue weighted by atomic mass is 10.0. The second kappa shape index (κ2) is 7.45. The van der Waals surface area contributed by atoms with E-state index < -0.39 is 0 Å². The summed E-state index contributed by atoms with van der Waals surface area (Å²) in [5, 5.41) is 11.7. The summed E-state index contributed by atoms with van der Waals surface area (Å²) in [5.41, 5.74) is 1.55. The lowest BCUT2D eigenvalue weighted by Crippen LogP contribution is -2.31. The lowest BCUT2D eigenvalue weighted by Gasteiger charge is -2.24. The van der Waals surface area contributed by atoms with Gasteiger partial charge in [0, 0.05) is 6.54 Å². The zero-order valence-electron chi connectivity index (χ0n) is 15.1. The van der Waals surface area contributed by atoms with Crippen LogP contribution in [-0.4, -0.2) is 52.5 Å². The van der Waals surface area contributed by atoms with E-state index in [0.717, 1.165) is 56.6 Å². The second-order valence-corrected chi connectivity index (χ2v) is 7.00. The number of carbonyl (C=O) groups is 1. The van der Waals surface area contributed by atoms with Crippen LogP contribution in [0.1, 0.15) is 53.8 Å². The molecule has 0 radical (unpaired) electrons. The molecule has 2 fully saturated rings. The molecular weight excluding hydrogens is 330 g/mol. The number of hydrogen-bond donors (Lipinski definition) is 1. The molecule has 2 saturated heterocycles. The Morgan fingerprint density at radius 2 is 2.12 bits per heavy atom. The minimum atomic E-state index is -0.0319. The summed E-state index contributed by atoms with van der Waals surface area (Å²) < 4.78 is 7.20. The number of carbonyl (C=O) groups excluding carboxylic acids is 1. The first-order valence-electron chi connectivity index (χ1n) is 9.34. The summed E-state index contributed by atoms with van der Waals surface area (Å²) in [6.07, 6.45) is 5.82. The van der Waals surface area contributed by atoms with Crippen molar-refractivity contribution in [2.75, 3.05) is 26.7 Å². The molecule has 0 bridgehead atoms. The van der Waals surface area contributed by atoms with Crippen molar-refractivity contribution < 1.29 is 9.53 Å². The Balaban J connectivity index is 1.52. The third-order valence-electron chi connectivity index (χ3n) is 5.40. The van der Waals surface area contributed by atoms with E-state index in [1.54, 1.807) is 7.11 Å². The summed E-state index contributed by atoms with van der Waals surface area (Å²) in [6, 6.07) is 8.38. The second-order valence-electron chi connectivity index (χ2n) is 7.00. The van der Waals surface area contributed by atoms with E-state index in [9.17, 15) is 4.79 Å². The molecule has 2 aliphatic heterocycles. The molecule has 2 aliphatic rings. The van der Waals surface area contributed by atoms with Crippen LogP contribution in [0.4, 0.5) is 0 Å². The average molecular weight is 355 g/mol. The molecule has 3 heterocycles. The summed E-state index contributed by atoms with van der Waals surface area (Å²) in [4.78, 5) is 15.0. The Morgan fingerprint density at radius 3 is 2.92 bits per heavy atom. The summed E-state index contributed by atoms with van der Waals surface area (Å²) in [5.74, 6) is 0.786. The lowest BCUT2D eigenvalue weighted by molar-refractivity contribution is 0.0729. The van der Waals surface area contributed by atoms with Gasteiger partial charge >= 0.3 is 0 Å². The molecule has 138 valence electrons. The molecule has 7 nitrogen and oxygen atoms in total. The number of nitrogens with zero attached hydrogens (tertiary/aromatic N) is 4. The van der Waals surface area contributed by atoms with Gasteiger partial charge in [-0.25, -0.2) is 4.68 Å². The molecule has 0 spiro atoms. The third kappa shape index (κ3) is 3.31. The fourth-order valence-electron chi connectivity index (χ4n) is 3.98. The van der Waals surface area contributed by atoms with Crippen LogP contribution in [0, 0.1) is 0 Å². The highest BCUT2D eigenvalue weighted by Gasteiger charge is 2.32. The number of methoxy groups -OCH3 is 1. The molecule has 1 amide bonds. The summed E-state index contributed by atoms with van der Waals surface area (Å²) in [7, 11) is 1.66. The topological polar surface area (TPSA) is 72.3 Å². The van der Waals surface area contributed by atoms with Crippen molar-refractivity contribution in [1.82, 2.24) is 25.2 Å². The first kappa shape index (κ1) is 17.0. The van der Waals surface area contributed by atoms with Gasteiger partial charge in [0.05, 0.1) is 25.4 Å². The van der Waals surface area contributed by atoms with Crippen LogP contribution in [0.5, 0.6) is 5.75 Å². The fraction of sp³-hybridized carbons (Fsp3) is 0.526. The smallest absolute Gasteiger partial charge is 0.276 e. The molecule has 0 saturated carbocycles. The molecular formula is C19H25N5O2. The van der Waals surface area contributed by atoms with Crippen molar-refractivity contribution in [3.8, 4) is 5.75 Å². The van der Waals surface area contributed by atoms with Crippen molar-refractivity contribution in [2.24, 2.45) is 0 Å². The maximum atomic E-state index is 13.0. The number of rotatable bonds is 4. The van der Waals surface area contributed by atoms with Crippen LogP contribution in [0.15, 0.2) is 30.5 Å². The molecule has 1 atom stereocenters. The van der Waals surface area contributed by atoms with E-state index in [0.29, 0.717) is 11.7 Å². The highest BCUT2D eigenvalue weighted by atomic mass is 16.5. The highest BCUT2D eigenvalue weighted by Crippen LogP contribution is 2.34.